The van der Waals surface area contributed by atoms with Gasteiger partial charge in [0.05, 0.1) is 17.5 Å². The average Bonchev–Trinajstić information content (AvgIpc) is 3.55. The smallest absolute Gasteiger partial charge is 0.280 e. The average molecular weight is 548 g/mol. The molecular weight excluding hydrogens is 526 g/mol. The van der Waals surface area contributed by atoms with Crippen LogP contribution in [0.2, 0.25) is 0 Å². The predicted molar refractivity (Wildman–Crippen MR) is 141 cm³/mol. The van der Waals surface area contributed by atoms with E-state index in [-0.39, 0.29) is 11.3 Å². The van der Waals surface area contributed by atoms with Gasteiger partial charge < -0.3 is 0 Å². The number of thioether (sulfide) groups is 1. The molecule has 1 unspecified atom stereocenters. The van der Waals surface area contributed by atoms with Gasteiger partial charge >= 0.3 is 0 Å². The van der Waals surface area contributed by atoms with E-state index in [4.69, 9.17) is 0 Å². The topological polar surface area (TPSA) is 99.2 Å². The van der Waals surface area contributed by atoms with E-state index >= 15 is 0 Å². The first kappa shape index (κ1) is 23.4. The molecule has 176 valence electrons. The van der Waals surface area contributed by atoms with E-state index in [1.54, 1.807) is 17.8 Å². The molecule has 1 aromatic heterocycles. The van der Waals surface area contributed by atoms with Gasteiger partial charge in [0.15, 0.2) is 11.0 Å². The summed E-state index contributed by atoms with van der Waals surface area (Å²) in [5, 5.41) is 17.1. The summed E-state index contributed by atoms with van der Waals surface area (Å²) in [6.45, 7) is 2.69. The lowest BCUT2D eigenvalue weighted by molar-refractivity contribution is 0.1000. The lowest BCUT2D eigenvalue weighted by Crippen LogP contribution is -2.37. The Morgan fingerprint density at radius 3 is 2.51 bits per heavy atom. The second-order valence-corrected chi connectivity index (χ2v) is 9.93. The summed E-state index contributed by atoms with van der Waals surface area (Å²) < 4.78 is 0.737. The van der Waals surface area contributed by atoms with Crippen LogP contribution in [-0.4, -0.2) is 42.1 Å². The van der Waals surface area contributed by atoms with Crippen LogP contribution >= 0.6 is 27.7 Å². The van der Waals surface area contributed by atoms with Gasteiger partial charge in [0.1, 0.15) is 0 Å². The van der Waals surface area contributed by atoms with Crippen LogP contribution in [0.15, 0.2) is 82.3 Å². The molecule has 1 amide bonds. The zero-order valence-electron chi connectivity index (χ0n) is 18.9. The van der Waals surface area contributed by atoms with E-state index in [2.05, 4.69) is 84.2 Å². The van der Waals surface area contributed by atoms with Crippen molar-refractivity contribution < 1.29 is 4.79 Å². The Bertz CT molecular complexity index is 1360. The number of hydrazine groups is 1. The number of amides is 1. The van der Waals surface area contributed by atoms with Crippen LogP contribution in [0.5, 0.6) is 0 Å². The maximum Gasteiger partial charge on any atom is 0.280 e. The Morgan fingerprint density at radius 1 is 1.06 bits per heavy atom. The number of H-pyrrole nitrogens is 1. The number of aromatic nitrogens is 4. The minimum Gasteiger partial charge on any atom is -0.281 e. The fourth-order valence-electron chi connectivity index (χ4n) is 3.79. The van der Waals surface area contributed by atoms with Gasteiger partial charge in [0.25, 0.3) is 5.91 Å². The van der Waals surface area contributed by atoms with Crippen molar-refractivity contribution in [3.63, 3.8) is 0 Å². The molecule has 1 saturated heterocycles. The molecule has 1 aliphatic heterocycles. The molecule has 0 saturated carbocycles. The van der Waals surface area contributed by atoms with Crippen molar-refractivity contribution in [2.75, 3.05) is 0 Å². The summed E-state index contributed by atoms with van der Waals surface area (Å²) in [6.07, 6.45) is 0.912. The molecule has 0 bridgehead atoms. The summed E-state index contributed by atoms with van der Waals surface area (Å²) in [5.41, 5.74) is 8.15. The number of halogens is 1. The fourth-order valence-corrected chi connectivity index (χ4v) is 5.23. The van der Waals surface area contributed by atoms with Gasteiger partial charge in [-0.05, 0) is 61.6 Å². The zero-order chi connectivity index (χ0) is 24.2. The van der Waals surface area contributed by atoms with Crippen LogP contribution in [0.1, 0.15) is 29.3 Å². The minimum atomic E-state index is -0.266. The van der Waals surface area contributed by atoms with Crippen LogP contribution in [0, 0.1) is 0 Å². The summed E-state index contributed by atoms with van der Waals surface area (Å²) in [7, 11) is 0. The number of aliphatic imine (C=N–C) groups is 1. The summed E-state index contributed by atoms with van der Waals surface area (Å²) in [6, 6.07) is 23.7. The molecule has 1 fully saturated rings. The van der Waals surface area contributed by atoms with Gasteiger partial charge in [0, 0.05) is 10.0 Å². The number of hydrogen-bond donors (Lipinski definition) is 2. The predicted octanol–water partition coefficient (Wildman–Crippen LogP) is 5.28. The molecule has 1 aliphatic rings. The standard InChI is InChI=1S/C25H22BrN7OS/c1-2-22-30-33(25(35-22)27-24(34)20-9-5-6-10-21(20)26)15-16-11-13-17(14-12-16)18-7-3-4-8-19(18)23-28-31-32-29-23/h3-14,22,30H,2,15H2,1H3,(H,28,29,31,32). The van der Waals surface area contributed by atoms with Crippen molar-refractivity contribution in [2.45, 2.75) is 25.3 Å². The number of nitrogens with zero attached hydrogens (tertiary/aromatic N) is 5. The van der Waals surface area contributed by atoms with Crippen molar-refractivity contribution in [3.05, 3.63) is 88.4 Å². The van der Waals surface area contributed by atoms with Crippen LogP contribution in [0.3, 0.4) is 0 Å². The maximum atomic E-state index is 12.8. The van der Waals surface area contributed by atoms with E-state index in [0.29, 0.717) is 23.1 Å². The number of aromatic amines is 1. The highest BCUT2D eigenvalue weighted by molar-refractivity contribution is 9.10. The van der Waals surface area contributed by atoms with E-state index in [1.807, 2.05) is 41.4 Å². The molecule has 2 N–H and O–H groups in total. The molecule has 0 aliphatic carbocycles. The maximum absolute atomic E-state index is 12.8. The number of tetrazole rings is 1. The van der Waals surface area contributed by atoms with Crippen molar-refractivity contribution in [2.24, 2.45) is 4.99 Å². The highest BCUT2D eigenvalue weighted by atomic mass is 79.9. The molecule has 1 atom stereocenters. The first-order valence-corrected chi connectivity index (χ1v) is 12.8. The van der Waals surface area contributed by atoms with Crippen molar-refractivity contribution >= 4 is 38.8 Å². The molecule has 2 heterocycles. The Labute approximate surface area is 215 Å². The third-order valence-electron chi connectivity index (χ3n) is 5.58. The third-order valence-corrected chi connectivity index (χ3v) is 7.52. The number of carbonyl (C=O) groups excluding carboxylic acids is 1. The van der Waals surface area contributed by atoms with Crippen molar-refractivity contribution in [1.82, 2.24) is 31.1 Å². The molecule has 10 heteroatoms. The lowest BCUT2D eigenvalue weighted by Gasteiger charge is -2.19. The first-order valence-electron chi connectivity index (χ1n) is 11.1. The Kier molecular flexibility index (Phi) is 7.03. The summed E-state index contributed by atoms with van der Waals surface area (Å²) >= 11 is 5.02. The molecule has 35 heavy (non-hydrogen) atoms. The number of carbonyl (C=O) groups is 1. The van der Waals surface area contributed by atoms with Gasteiger partial charge in [-0.2, -0.15) is 4.99 Å². The Morgan fingerprint density at radius 2 is 1.80 bits per heavy atom. The van der Waals surface area contributed by atoms with E-state index in [9.17, 15) is 4.79 Å². The van der Waals surface area contributed by atoms with Crippen LogP contribution in [-0.2, 0) is 6.54 Å². The number of benzene rings is 3. The van der Waals surface area contributed by atoms with Gasteiger partial charge in [0.2, 0.25) is 0 Å². The van der Waals surface area contributed by atoms with Crippen LogP contribution in [0.4, 0.5) is 0 Å². The van der Waals surface area contributed by atoms with Gasteiger partial charge in [-0.1, -0.05) is 79.3 Å². The van der Waals surface area contributed by atoms with Crippen molar-refractivity contribution in [3.8, 4) is 22.5 Å². The van der Waals surface area contributed by atoms with Gasteiger partial charge in [-0.25, -0.2) is 10.5 Å². The fraction of sp³-hybridized carbons (Fsp3) is 0.160. The second-order valence-electron chi connectivity index (χ2n) is 7.90. The molecule has 4 aromatic rings. The SMILES string of the molecule is CCC1NN(Cc2ccc(-c3ccccc3-c3nnn[nH]3)cc2)C(=NC(=O)c2ccccc2Br)S1. The molecular formula is C25H22BrN7OS. The van der Waals surface area contributed by atoms with E-state index in [1.165, 1.54) is 0 Å². The molecule has 0 radical (unpaired) electrons. The van der Waals surface area contributed by atoms with E-state index in [0.717, 1.165) is 33.1 Å². The lowest BCUT2D eigenvalue weighted by atomic mass is 9.98. The van der Waals surface area contributed by atoms with Crippen LogP contribution in [0.25, 0.3) is 22.5 Å². The van der Waals surface area contributed by atoms with Crippen LogP contribution < -0.4 is 5.43 Å². The minimum absolute atomic E-state index is 0.169. The quantitative estimate of drug-likeness (QED) is 0.338. The zero-order valence-corrected chi connectivity index (χ0v) is 21.3. The second kappa shape index (κ2) is 10.5. The number of amidine groups is 1. The third kappa shape index (κ3) is 5.19. The first-order chi connectivity index (χ1) is 17.1. The van der Waals surface area contributed by atoms with Crippen molar-refractivity contribution in [1.29, 1.82) is 0 Å². The Balaban J connectivity index is 1.37. The highest BCUT2D eigenvalue weighted by Gasteiger charge is 2.28. The van der Waals surface area contributed by atoms with E-state index < -0.39 is 0 Å². The Hall–Kier alpha value is -3.34. The number of nitrogens with one attached hydrogen (secondary N) is 2. The van der Waals surface area contributed by atoms with Gasteiger partial charge in [-0.3, -0.25) is 9.80 Å². The number of hydrogen-bond acceptors (Lipinski definition) is 6. The molecule has 3 aromatic carbocycles. The highest BCUT2D eigenvalue weighted by Crippen LogP contribution is 2.31. The monoisotopic (exact) mass is 547 g/mol. The van der Waals surface area contributed by atoms with Gasteiger partial charge in [-0.15, -0.1) is 5.10 Å². The summed E-state index contributed by atoms with van der Waals surface area (Å²) in [4.78, 5) is 17.3. The number of rotatable bonds is 6. The summed E-state index contributed by atoms with van der Waals surface area (Å²) in [5.74, 6) is 0.363. The largest absolute Gasteiger partial charge is 0.281 e. The molecule has 0 spiro atoms. The normalized spacial score (nSPS) is 16.7. The molecule has 8 nitrogen and oxygen atoms in total. The molecule has 5 rings (SSSR count).